The van der Waals surface area contributed by atoms with Crippen molar-refractivity contribution in [2.45, 2.75) is 31.2 Å². The van der Waals surface area contributed by atoms with Crippen molar-refractivity contribution in [3.05, 3.63) is 29.0 Å². The summed E-state index contributed by atoms with van der Waals surface area (Å²) >= 11 is 0.899. The SMILES string of the molecule is C=CCN(C(C)(C)C)S(=O)(=O)c1csc(C(=O)O)c1. The molecule has 1 heterocycles. The van der Waals surface area contributed by atoms with E-state index in [1.165, 1.54) is 21.8 Å². The van der Waals surface area contributed by atoms with Gasteiger partial charge in [0.25, 0.3) is 0 Å². The van der Waals surface area contributed by atoms with Gasteiger partial charge in [-0.05, 0) is 26.8 Å². The molecule has 0 aromatic carbocycles. The molecule has 0 aliphatic carbocycles. The van der Waals surface area contributed by atoms with Crippen molar-refractivity contribution in [3.8, 4) is 0 Å². The molecule has 0 aliphatic rings. The maximum absolute atomic E-state index is 12.5. The van der Waals surface area contributed by atoms with Crippen LogP contribution in [0.1, 0.15) is 30.4 Å². The van der Waals surface area contributed by atoms with Crippen LogP contribution in [0.15, 0.2) is 29.0 Å². The van der Waals surface area contributed by atoms with Crippen LogP contribution >= 0.6 is 11.3 Å². The number of carboxylic acid groups (broad SMARTS) is 1. The second-order valence-electron chi connectivity index (χ2n) is 4.95. The van der Waals surface area contributed by atoms with Gasteiger partial charge in [0.15, 0.2) is 0 Å². The highest BCUT2D eigenvalue weighted by atomic mass is 32.2. The molecule has 0 saturated carbocycles. The van der Waals surface area contributed by atoms with Gasteiger partial charge in [-0.3, -0.25) is 0 Å². The third-order valence-electron chi connectivity index (χ3n) is 2.42. The molecule has 5 nitrogen and oxygen atoms in total. The molecule has 1 aromatic rings. The zero-order valence-electron chi connectivity index (χ0n) is 11.1. The maximum atomic E-state index is 12.5. The van der Waals surface area contributed by atoms with Gasteiger partial charge >= 0.3 is 5.97 Å². The Morgan fingerprint density at radius 1 is 1.53 bits per heavy atom. The number of rotatable bonds is 5. The van der Waals surface area contributed by atoms with E-state index >= 15 is 0 Å². The number of hydrogen-bond donors (Lipinski definition) is 1. The van der Waals surface area contributed by atoms with Crippen molar-refractivity contribution in [1.82, 2.24) is 4.31 Å². The van der Waals surface area contributed by atoms with E-state index < -0.39 is 21.5 Å². The van der Waals surface area contributed by atoms with Crippen LogP contribution in [-0.2, 0) is 10.0 Å². The van der Waals surface area contributed by atoms with Crippen LogP contribution in [0.2, 0.25) is 0 Å². The lowest BCUT2D eigenvalue weighted by Crippen LogP contribution is -2.45. The van der Waals surface area contributed by atoms with Gasteiger partial charge in [0.05, 0.1) is 4.90 Å². The summed E-state index contributed by atoms with van der Waals surface area (Å²) < 4.78 is 26.3. The molecule has 0 amide bonds. The lowest BCUT2D eigenvalue weighted by Gasteiger charge is -2.33. The first-order valence-corrected chi connectivity index (χ1v) is 7.88. The molecule has 1 N–H and O–H groups in total. The average molecular weight is 303 g/mol. The number of carboxylic acids is 1. The van der Waals surface area contributed by atoms with Crippen molar-refractivity contribution in [3.63, 3.8) is 0 Å². The highest BCUT2D eigenvalue weighted by molar-refractivity contribution is 7.89. The van der Waals surface area contributed by atoms with Crippen LogP contribution in [0.5, 0.6) is 0 Å². The van der Waals surface area contributed by atoms with E-state index in [9.17, 15) is 13.2 Å². The molecule has 7 heteroatoms. The Morgan fingerprint density at radius 2 is 2.11 bits per heavy atom. The molecule has 0 bridgehead atoms. The molecule has 106 valence electrons. The molecular weight excluding hydrogens is 286 g/mol. The minimum absolute atomic E-state index is 0.00559. The Morgan fingerprint density at radius 3 is 2.47 bits per heavy atom. The Kier molecular flexibility index (Phi) is 4.54. The summed E-state index contributed by atoms with van der Waals surface area (Å²) in [5, 5.41) is 10.2. The third kappa shape index (κ3) is 3.43. The highest BCUT2D eigenvalue weighted by Crippen LogP contribution is 2.27. The first kappa shape index (κ1) is 15.9. The minimum atomic E-state index is -3.72. The predicted molar refractivity (Wildman–Crippen MR) is 75.1 cm³/mol. The third-order valence-corrected chi connectivity index (χ3v) is 5.59. The van der Waals surface area contributed by atoms with Crippen LogP contribution in [0.25, 0.3) is 0 Å². The Labute approximate surface area is 117 Å². The van der Waals surface area contributed by atoms with E-state index in [1.54, 1.807) is 20.8 Å². The smallest absolute Gasteiger partial charge is 0.345 e. The van der Waals surface area contributed by atoms with Crippen LogP contribution < -0.4 is 0 Å². The number of hydrogen-bond acceptors (Lipinski definition) is 4. The van der Waals surface area contributed by atoms with Crippen LogP contribution in [0, 0.1) is 0 Å². The van der Waals surface area contributed by atoms with Gasteiger partial charge in [-0.25, -0.2) is 13.2 Å². The minimum Gasteiger partial charge on any atom is -0.477 e. The molecule has 0 unspecified atom stereocenters. The summed E-state index contributed by atoms with van der Waals surface area (Å²) in [6.45, 7) is 9.06. The predicted octanol–water partition coefficient (Wildman–Crippen LogP) is 2.42. The topological polar surface area (TPSA) is 74.7 Å². The lowest BCUT2D eigenvalue weighted by atomic mass is 10.1. The zero-order chi connectivity index (χ0) is 14.8. The fourth-order valence-electron chi connectivity index (χ4n) is 1.54. The normalized spacial score (nSPS) is 12.6. The van der Waals surface area contributed by atoms with Gasteiger partial charge < -0.3 is 5.11 Å². The van der Waals surface area contributed by atoms with E-state index in [2.05, 4.69) is 6.58 Å². The number of aromatic carboxylic acids is 1. The van der Waals surface area contributed by atoms with E-state index in [0.717, 1.165) is 11.3 Å². The van der Waals surface area contributed by atoms with E-state index in [0.29, 0.717) is 0 Å². The Bertz CT molecular complexity index is 581. The quantitative estimate of drug-likeness (QED) is 0.848. The van der Waals surface area contributed by atoms with Gasteiger partial charge in [0.2, 0.25) is 10.0 Å². The largest absolute Gasteiger partial charge is 0.477 e. The summed E-state index contributed by atoms with van der Waals surface area (Å²) in [5.41, 5.74) is -0.613. The molecule has 1 aromatic heterocycles. The average Bonchev–Trinajstić information content (AvgIpc) is 2.73. The van der Waals surface area contributed by atoms with Gasteiger partial charge in [0.1, 0.15) is 4.88 Å². The zero-order valence-corrected chi connectivity index (χ0v) is 12.7. The Balaban J connectivity index is 3.26. The molecule has 0 fully saturated rings. The summed E-state index contributed by atoms with van der Waals surface area (Å²) in [4.78, 5) is 10.8. The molecule has 0 radical (unpaired) electrons. The van der Waals surface area contributed by atoms with Crippen molar-refractivity contribution >= 4 is 27.3 Å². The second-order valence-corrected chi connectivity index (χ2v) is 7.72. The number of thiophene rings is 1. The van der Waals surface area contributed by atoms with E-state index in [1.807, 2.05) is 0 Å². The standard InChI is InChI=1S/C12H17NO4S2/c1-5-6-13(12(2,3)4)19(16,17)9-7-10(11(14)15)18-8-9/h5,7-8H,1,6H2,2-4H3,(H,14,15). The molecule has 19 heavy (non-hydrogen) atoms. The fraction of sp³-hybridized carbons (Fsp3) is 0.417. The number of sulfonamides is 1. The van der Waals surface area contributed by atoms with Gasteiger partial charge in [-0.15, -0.1) is 17.9 Å². The first-order chi connectivity index (χ1) is 8.60. The molecule has 0 aliphatic heterocycles. The van der Waals surface area contributed by atoms with Crippen molar-refractivity contribution in [2.24, 2.45) is 0 Å². The molecule has 0 saturated heterocycles. The van der Waals surface area contributed by atoms with Crippen LogP contribution in [-0.4, -0.2) is 35.9 Å². The highest BCUT2D eigenvalue weighted by Gasteiger charge is 2.33. The van der Waals surface area contributed by atoms with Crippen molar-refractivity contribution in [2.75, 3.05) is 6.54 Å². The van der Waals surface area contributed by atoms with Crippen LogP contribution in [0.3, 0.4) is 0 Å². The van der Waals surface area contributed by atoms with Gasteiger partial charge in [0, 0.05) is 17.5 Å². The molecular formula is C12H17NO4S2. The second kappa shape index (κ2) is 5.44. The summed E-state index contributed by atoms with van der Waals surface area (Å²) in [6, 6.07) is 1.18. The van der Waals surface area contributed by atoms with Crippen LogP contribution in [0.4, 0.5) is 0 Å². The molecule has 0 atom stereocenters. The molecule has 1 rings (SSSR count). The summed E-state index contributed by atoms with van der Waals surface area (Å²) in [5.74, 6) is -1.13. The van der Waals surface area contributed by atoms with Gasteiger partial charge in [-0.1, -0.05) is 6.08 Å². The molecule has 0 spiro atoms. The monoisotopic (exact) mass is 303 g/mol. The van der Waals surface area contributed by atoms with E-state index in [4.69, 9.17) is 5.11 Å². The Hall–Kier alpha value is -1.18. The van der Waals surface area contributed by atoms with Gasteiger partial charge in [-0.2, -0.15) is 4.31 Å². The maximum Gasteiger partial charge on any atom is 0.345 e. The first-order valence-electron chi connectivity index (χ1n) is 5.56. The van der Waals surface area contributed by atoms with E-state index in [-0.39, 0.29) is 16.3 Å². The lowest BCUT2D eigenvalue weighted by molar-refractivity contribution is 0.0702. The van der Waals surface area contributed by atoms with Crippen molar-refractivity contribution < 1.29 is 18.3 Å². The number of nitrogens with zero attached hydrogens (tertiary/aromatic N) is 1. The van der Waals surface area contributed by atoms with Crippen molar-refractivity contribution in [1.29, 1.82) is 0 Å². The summed E-state index contributed by atoms with van der Waals surface area (Å²) in [7, 11) is -3.72. The summed E-state index contributed by atoms with van der Waals surface area (Å²) in [6.07, 6.45) is 1.51. The fourth-order valence-corrected chi connectivity index (χ4v) is 4.40. The number of carbonyl (C=O) groups is 1.